The number of nitrogens with one attached hydrogen (secondary N) is 2. The van der Waals surface area contributed by atoms with Crippen LogP contribution in [0.4, 0.5) is 0 Å². The lowest BCUT2D eigenvalue weighted by atomic mass is 10.1. The molecule has 2 N–H and O–H groups in total. The fourth-order valence-electron chi connectivity index (χ4n) is 3.21. The van der Waals surface area contributed by atoms with Crippen molar-refractivity contribution in [2.45, 2.75) is 19.8 Å². The molecule has 0 unspecified atom stereocenters. The van der Waals surface area contributed by atoms with Crippen molar-refractivity contribution >= 4 is 21.8 Å². The minimum Gasteiger partial charge on any atom is -0.321 e. The quantitative estimate of drug-likeness (QED) is 0.677. The average molecular weight is 306 g/mol. The van der Waals surface area contributed by atoms with Gasteiger partial charge in [0.1, 0.15) is 5.52 Å². The van der Waals surface area contributed by atoms with E-state index in [1.54, 1.807) is 0 Å². The number of aromatic nitrogens is 3. The van der Waals surface area contributed by atoms with Gasteiger partial charge in [-0.2, -0.15) is 5.10 Å². The molecular weight excluding hydrogens is 288 g/mol. The first-order valence-corrected chi connectivity index (χ1v) is 7.94. The molecule has 3 heterocycles. The van der Waals surface area contributed by atoms with E-state index in [9.17, 15) is 4.79 Å². The molecule has 0 amide bonds. The van der Waals surface area contributed by atoms with E-state index < -0.39 is 0 Å². The molecule has 1 fully saturated rings. The lowest BCUT2D eigenvalue weighted by Gasteiger charge is -2.08. The van der Waals surface area contributed by atoms with Crippen LogP contribution in [0.5, 0.6) is 0 Å². The molecule has 0 radical (unpaired) electrons. The van der Waals surface area contributed by atoms with Crippen LogP contribution in [0, 0.1) is 18.8 Å². The monoisotopic (exact) mass is 306 g/mol. The molecule has 5 nitrogen and oxygen atoms in total. The summed E-state index contributed by atoms with van der Waals surface area (Å²) in [5, 5.41) is 8.74. The largest absolute Gasteiger partial charge is 0.321 e. The van der Waals surface area contributed by atoms with Crippen molar-refractivity contribution in [2.75, 3.05) is 19.6 Å². The van der Waals surface area contributed by atoms with Gasteiger partial charge in [-0.3, -0.25) is 14.8 Å². The zero-order valence-electron chi connectivity index (χ0n) is 13.1. The molecule has 2 aromatic heterocycles. The third kappa shape index (κ3) is 2.51. The van der Waals surface area contributed by atoms with E-state index in [-0.39, 0.29) is 5.56 Å². The number of nitrogens with zero attached hydrogens (tertiary/aromatic N) is 2. The Morgan fingerprint density at radius 1 is 1.30 bits per heavy atom. The molecule has 116 valence electrons. The van der Waals surface area contributed by atoms with Gasteiger partial charge in [-0.1, -0.05) is 11.8 Å². The Hall–Kier alpha value is -2.58. The number of hydrogen-bond acceptors (Lipinski definition) is 3. The number of benzene rings is 1. The Kier molecular flexibility index (Phi) is 3.40. The van der Waals surface area contributed by atoms with Crippen LogP contribution in [0.25, 0.3) is 21.8 Å². The summed E-state index contributed by atoms with van der Waals surface area (Å²) < 4.78 is 0. The Bertz CT molecular complexity index is 997. The Labute approximate surface area is 133 Å². The fourth-order valence-corrected chi connectivity index (χ4v) is 3.21. The van der Waals surface area contributed by atoms with E-state index in [1.165, 1.54) is 12.8 Å². The molecule has 0 atom stereocenters. The van der Waals surface area contributed by atoms with Crippen molar-refractivity contribution < 1.29 is 0 Å². The van der Waals surface area contributed by atoms with Crippen LogP contribution in [-0.4, -0.2) is 39.7 Å². The first-order valence-electron chi connectivity index (χ1n) is 7.94. The summed E-state index contributed by atoms with van der Waals surface area (Å²) in [6.45, 7) is 4.98. The van der Waals surface area contributed by atoms with Gasteiger partial charge >= 0.3 is 0 Å². The van der Waals surface area contributed by atoms with Crippen molar-refractivity contribution in [3.63, 3.8) is 0 Å². The van der Waals surface area contributed by atoms with E-state index in [1.807, 2.05) is 25.1 Å². The number of hydrogen-bond donors (Lipinski definition) is 2. The zero-order chi connectivity index (χ0) is 15.8. The SMILES string of the molecule is Cc1[nH]nc2c1c(=O)[nH]c1ccc(C#CCN3CCCC3)cc12. The van der Waals surface area contributed by atoms with Crippen LogP contribution in [0.3, 0.4) is 0 Å². The number of aryl methyl sites for hydroxylation is 1. The van der Waals surface area contributed by atoms with Crippen molar-refractivity contribution in [3.8, 4) is 11.8 Å². The molecule has 4 rings (SSSR count). The van der Waals surface area contributed by atoms with Crippen LogP contribution in [0.1, 0.15) is 24.1 Å². The predicted molar refractivity (Wildman–Crippen MR) is 91.5 cm³/mol. The first kappa shape index (κ1) is 14.0. The van der Waals surface area contributed by atoms with Crippen LogP contribution < -0.4 is 5.56 Å². The fraction of sp³-hybridized carbons (Fsp3) is 0.333. The molecule has 0 saturated carbocycles. The van der Waals surface area contributed by atoms with E-state index >= 15 is 0 Å². The predicted octanol–water partition coefficient (Wildman–Crippen LogP) is 2.16. The summed E-state index contributed by atoms with van der Waals surface area (Å²) in [5.41, 5.74) is 3.13. The van der Waals surface area contributed by atoms with E-state index in [0.29, 0.717) is 10.9 Å². The molecule has 0 bridgehead atoms. The normalized spacial score (nSPS) is 15.2. The highest BCUT2D eigenvalue weighted by Crippen LogP contribution is 2.21. The second-order valence-electron chi connectivity index (χ2n) is 6.07. The topological polar surface area (TPSA) is 64.8 Å². The van der Waals surface area contributed by atoms with Gasteiger partial charge < -0.3 is 4.98 Å². The van der Waals surface area contributed by atoms with Crippen molar-refractivity contribution in [2.24, 2.45) is 0 Å². The zero-order valence-corrected chi connectivity index (χ0v) is 13.1. The Morgan fingerprint density at radius 2 is 2.13 bits per heavy atom. The highest BCUT2D eigenvalue weighted by Gasteiger charge is 2.11. The lowest BCUT2D eigenvalue weighted by Crippen LogP contribution is -2.18. The van der Waals surface area contributed by atoms with Gasteiger partial charge in [0.25, 0.3) is 5.56 Å². The van der Waals surface area contributed by atoms with Crippen LogP contribution in [0.15, 0.2) is 23.0 Å². The smallest absolute Gasteiger partial charge is 0.259 e. The van der Waals surface area contributed by atoms with Gasteiger partial charge in [-0.05, 0) is 51.1 Å². The van der Waals surface area contributed by atoms with Gasteiger partial charge in [-0.25, -0.2) is 0 Å². The molecule has 5 heteroatoms. The summed E-state index contributed by atoms with van der Waals surface area (Å²) in [5.74, 6) is 6.48. The summed E-state index contributed by atoms with van der Waals surface area (Å²) >= 11 is 0. The molecule has 0 aliphatic carbocycles. The van der Waals surface area contributed by atoms with Gasteiger partial charge in [0.05, 0.1) is 17.4 Å². The molecule has 0 spiro atoms. The molecule has 3 aromatic rings. The van der Waals surface area contributed by atoms with Crippen LogP contribution in [0.2, 0.25) is 0 Å². The third-order valence-corrected chi connectivity index (χ3v) is 4.43. The third-order valence-electron chi connectivity index (χ3n) is 4.43. The standard InChI is InChI=1S/C18H18N4O/c1-12-16-17(21-20-12)14-11-13(6-7-15(14)19-18(16)23)5-4-10-22-8-2-3-9-22/h6-7,11H,2-3,8-10H2,1H3,(H,19,23)(H,20,21). The van der Waals surface area contributed by atoms with Crippen LogP contribution in [-0.2, 0) is 0 Å². The van der Waals surface area contributed by atoms with E-state index in [2.05, 4.69) is 31.9 Å². The molecule has 23 heavy (non-hydrogen) atoms. The van der Waals surface area contributed by atoms with Crippen molar-refractivity contribution in [1.82, 2.24) is 20.1 Å². The number of H-pyrrole nitrogens is 2. The summed E-state index contributed by atoms with van der Waals surface area (Å²) in [6, 6.07) is 5.85. The minimum atomic E-state index is -0.105. The average Bonchev–Trinajstić information content (AvgIpc) is 3.18. The molecule has 1 saturated heterocycles. The number of likely N-dealkylation sites (tertiary alicyclic amines) is 1. The van der Waals surface area contributed by atoms with Crippen molar-refractivity contribution in [3.05, 3.63) is 39.8 Å². The molecule has 1 aliphatic heterocycles. The number of fused-ring (bicyclic) bond motifs is 3. The van der Waals surface area contributed by atoms with Gasteiger partial charge in [-0.15, -0.1) is 0 Å². The van der Waals surface area contributed by atoms with Crippen LogP contribution >= 0.6 is 0 Å². The first-order chi connectivity index (χ1) is 11.2. The van der Waals surface area contributed by atoms with Gasteiger partial charge in [0, 0.05) is 16.6 Å². The maximum absolute atomic E-state index is 12.1. The summed E-state index contributed by atoms with van der Waals surface area (Å²) in [6.07, 6.45) is 2.56. The summed E-state index contributed by atoms with van der Waals surface area (Å²) in [4.78, 5) is 17.4. The number of pyridine rings is 1. The van der Waals surface area contributed by atoms with Gasteiger partial charge in [0.15, 0.2) is 0 Å². The molecule has 1 aliphatic rings. The number of aromatic amines is 2. The number of rotatable bonds is 1. The lowest BCUT2D eigenvalue weighted by molar-refractivity contribution is 0.383. The second kappa shape index (κ2) is 5.56. The Balaban J connectivity index is 1.75. The molecule has 1 aromatic carbocycles. The van der Waals surface area contributed by atoms with E-state index in [0.717, 1.165) is 41.8 Å². The highest BCUT2D eigenvalue weighted by atomic mass is 16.1. The summed E-state index contributed by atoms with van der Waals surface area (Å²) in [7, 11) is 0. The minimum absolute atomic E-state index is 0.105. The van der Waals surface area contributed by atoms with E-state index in [4.69, 9.17) is 0 Å². The molecular formula is C18H18N4O. The maximum atomic E-state index is 12.1. The second-order valence-corrected chi connectivity index (χ2v) is 6.07. The maximum Gasteiger partial charge on any atom is 0.259 e. The Morgan fingerprint density at radius 3 is 2.96 bits per heavy atom. The van der Waals surface area contributed by atoms with Crippen molar-refractivity contribution in [1.29, 1.82) is 0 Å². The van der Waals surface area contributed by atoms with Gasteiger partial charge in [0.2, 0.25) is 0 Å². The highest BCUT2D eigenvalue weighted by molar-refractivity contribution is 6.04.